The maximum absolute atomic E-state index is 13.3. The smallest absolute Gasteiger partial charge is 0.394 e. The van der Waals surface area contributed by atoms with Gasteiger partial charge in [0.1, 0.15) is 6.17 Å². The molecule has 1 aromatic rings. The molecule has 12 heteroatoms. The number of hydrogen-bond donors (Lipinski definition) is 3. The van der Waals surface area contributed by atoms with Crippen molar-refractivity contribution in [1.29, 1.82) is 0 Å². The normalized spacial score (nSPS) is 39.0. The Morgan fingerprint density at radius 2 is 1.98 bits per heavy atom. The first-order chi connectivity index (χ1) is 19.5. The lowest BCUT2D eigenvalue weighted by Crippen LogP contribution is -2.60. The molecule has 0 aromatic carbocycles. The van der Waals surface area contributed by atoms with Crippen molar-refractivity contribution >= 4 is 11.9 Å². The second-order valence-corrected chi connectivity index (χ2v) is 15.0. The van der Waals surface area contributed by atoms with Crippen molar-refractivity contribution in [2.45, 2.75) is 114 Å². The molecule has 0 spiro atoms. The number of nitrogens with one attached hydrogen (secondary N) is 3. The van der Waals surface area contributed by atoms with Gasteiger partial charge in [0.05, 0.1) is 18.2 Å². The minimum absolute atomic E-state index is 0.00125. The second kappa shape index (κ2) is 11.8. The molecule has 0 radical (unpaired) electrons. The fourth-order valence-corrected chi connectivity index (χ4v) is 8.69. The van der Waals surface area contributed by atoms with Gasteiger partial charge in [0.15, 0.2) is 0 Å². The minimum atomic E-state index is -4.15. The van der Waals surface area contributed by atoms with E-state index in [4.69, 9.17) is 4.74 Å². The number of halogens is 3. The van der Waals surface area contributed by atoms with Gasteiger partial charge < -0.3 is 4.74 Å². The molecule has 8 atom stereocenters. The van der Waals surface area contributed by atoms with Crippen LogP contribution in [0.25, 0.3) is 0 Å². The first kappa shape index (κ1) is 30.0. The lowest BCUT2D eigenvalue weighted by atomic mass is 9.90. The first-order valence-corrected chi connectivity index (χ1v) is 16.6. The van der Waals surface area contributed by atoms with Crippen molar-refractivity contribution < 1.29 is 17.9 Å². The Morgan fingerprint density at radius 3 is 2.76 bits per heavy atom. The van der Waals surface area contributed by atoms with Crippen LogP contribution in [0.3, 0.4) is 0 Å². The third kappa shape index (κ3) is 6.57. The van der Waals surface area contributed by atoms with Gasteiger partial charge in [0, 0.05) is 61.2 Å². The lowest BCUT2D eigenvalue weighted by molar-refractivity contribution is -0.190. The van der Waals surface area contributed by atoms with E-state index in [1.807, 2.05) is 22.8 Å². The van der Waals surface area contributed by atoms with Crippen LogP contribution in [-0.4, -0.2) is 81.6 Å². The summed E-state index contributed by atoms with van der Waals surface area (Å²) in [6, 6.07) is 2.24. The van der Waals surface area contributed by atoms with Gasteiger partial charge in [-0.3, -0.25) is 25.0 Å². The van der Waals surface area contributed by atoms with Gasteiger partial charge in [-0.15, -0.1) is 5.10 Å². The maximum atomic E-state index is 13.3. The van der Waals surface area contributed by atoms with Crippen LogP contribution in [0.4, 0.5) is 13.2 Å². The fourth-order valence-electron chi connectivity index (χ4n) is 7.65. The van der Waals surface area contributed by atoms with E-state index in [0.29, 0.717) is 29.0 Å². The van der Waals surface area contributed by atoms with E-state index in [0.717, 1.165) is 39.0 Å². The molecule has 1 saturated carbocycles. The zero-order valence-electron chi connectivity index (χ0n) is 24.8. The average molecular weight is 600 g/mol. The molecule has 41 heavy (non-hydrogen) atoms. The van der Waals surface area contributed by atoms with E-state index in [-0.39, 0.29) is 43.7 Å². The number of aromatic nitrogens is 2. The molecule has 5 aliphatic rings. The number of hydrogen-bond acceptors (Lipinski definition) is 8. The Morgan fingerprint density at radius 1 is 1.15 bits per heavy atom. The van der Waals surface area contributed by atoms with Crippen molar-refractivity contribution in [3.63, 3.8) is 0 Å². The lowest BCUT2D eigenvalue weighted by Gasteiger charge is -2.47. The number of nitrogens with zero attached hydrogens (tertiary/aromatic N) is 4. The van der Waals surface area contributed by atoms with Crippen molar-refractivity contribution in [2.75, 3.05) is 32.8 Å². The summed E-state index contributed by atoms with van der Waals surface area (Å²) in [4.78, 5) is 2.72. The first-order valence-electron chi connectivity index (χ1n) is 15.7. The highest BCUT2D eigenvalue weighted by Gasteiger charge is 2.62. The molecule has 5 heterocycles. The number of hydrazine groups is 1. The third-order valence-corrected chi connectivity index (χ3v) is 11.6. The zero-order chi connectivity index (χ0) is 28.8. The van der Waals surface area contributed by atoms with Gasteiger partial charge in [-0.05, 0) is 78.1 Å². The van der Waals surface area contributed by atoms with Gasteiger partial charge in [-0.25, -0.2) is 5.01 Å². The van der Waals surface area contributed by atoms with Crippen LogP contribution in [0, 0.1) is 17.3 Å². The van der Waals surface area contributed by atoms with Gasteiger partial charge >= 0.3 is 6.18 Å². The average Bonchev–Trinajstić information content (AvgIpc) is 3.27. The predicted octanol–water partition coefficient (Wildman–Crippen LogP) is 4.92. The Labute approximate surface area is 247 Å². The van der Waals surface area contributed by atoms with Crippen LogP contribution in [-0.2, 0) is 0 Å². The Hall–Kier alpha value is -1.05. The van der Waals surface area contributed by atoms with Crippen LogP contribution in [0.2, 0.25) is 0 Å². The summed E-state index contributed by atoms with van der Waals surface area (Å²) in [6.45, 7) is 11.4. The van der Waals surface area contributed by atoms with Gasteiger partial charge in [-0.1, -0.05) is 18.4 Å². The molecule has 8 unspecified atom stereocenters. The summed E-state index contributed by atoms with van der Waals surface area (Å²) >= 11 is 1.89. The molecule has 3 N–H and O–H groups in total. The number of fused-ring (bicyclic) bond motifs is 6. The summed E-state index contributed by atoms with van der Waals surface area (Å²) in [7, 11) is 0. The molecule has 8 nitrogen and oxygen atoms in total. The zero-order valence-corrected chi connectivity index (χ0v) is 25.6. The summed E-state index contributed by atoms with van der Waals surface area (Å²) < 4.78 is 51.2. The standard InChI is InChI=1S/C29H48F3N7OS/c1-20-23-19-37(35-20)13-5-4-6-21-16-27(2,3)38(18-21)26-22(17-33-41-23)7-8-24(34-26)39-14-9-25(36-39)40-15-12-28(10-11-28)29(30,31)32/h9,14,20-24,26,33-35H,4-8,10-13,15-19H2,1-3H3. The van der Waals surface area contributed by atoms with Crippen LogP contribution < -0.4 is 20.2 Å². The highest BCUT2D eigenvalue weighted by molar-refractivity contribution is 7.98. The molecular formula is C29H48F3N7OS. The molecule has 4 bridgehead atoms. The fraction of sp³-hybridized carbons (Fsp3) is 0.897. The molecule has 1 aliphatic carbocycles. The molecule has 1 aromatic heterocycles. The van der Waals surface area contributed by atoms with Crippen molar-refractivity contribution in [1.82, 2.24) is 35.2 Å². The quantitative estimate of drug-likeness (QED) is 0.413. The Bertz CT molecular complexity index is 1030. The molecule has 0 amide bonds. The van der Waals surface area contributed by atoms with Gasteiger partial charge in [0.25, 0.3) is 0 Å². The number of ether oxygens (including phenoxy) is 1. The number of piperidine rings is 1. The van der Waals surface area contributed by atoms with Gasteiger partial charge in [-0.2, -0.15) is 13.2 Å². The van der Waals surface area contributed by atoms with Crippen LogP contribution >= 0.6 is 11.9 Å². The van der Waals surface area contributed by atoms with Crippen LogP contribution in [0.5, 0.6) is 5.88 Å². The SMILES string of the molecule is CC1NN2CCCCC3CN(C4NC(n5ccc(OCCC6(C(F)(F)F)CC6)n5)CCC4CNSC1C2)C(C)(C)C3. The van der Waals surface area contributed by atoms with Crippen molar-refractivity contribution in [3.8, 4) is 5.88 Å². The van der Waals surface area contributed by atoms with E-state index in [1.165, 1.54) is 25.7 Å². The van der Waals surface area contributed by atoms with E-state index in [2.05, 4.69) is 51.2 Å². The summed E-state index contributed by atoms with van der Waals surface area (Å²) in [6.07, 6.45) is 5.41. The monoisotopic (exact) mass is 599 g/mol. The van der Waals surface area contributed by atoms with Crippen LogP contribution in [0.1, 0.15) is 84.7 Å². The number of rotatable bonds is 5. The minimum Gasteiger partial charge on any atom is -0.477 e. The summed E-state index contributed by atoms with van der Waals surface area (Å²) in [5, 5.41) is 11.6. The Kier molecular flexibility index (Phi) is 8.63. The number of alkyl halides is 3. The van der Waals surface area contributed by atoms with E-state index < -0.39 is 11.6 Å². The third-order valence-electron chi connectivity index (χ3n) is 10.4. The summed E-state index contributed by atoms with van der Waals surface area (Å²) in [5.74, 6) is 1.57. The molecular weight excluding hydrogens is 551 g/mol. The second-order valence-electron chi connectivity index (χ2n) is 13.9. The molecule has 6 rings (SSSR count). The molecule has 5 fully saturated rings. The molecule has 4 saturated heterocycles. The van der Waals surface area contributed by atoms with Crippen LogP contribution in [0.15, 0.2) is 12.3 Å². The van der Waals surface area contributed by atoms with E-state index in [9.17, 15) is 13.2 Å². The van der Waals surface area contributed by atoms with Crippen molar-refractivity contribution in [2.24, 2.45) is 17.3 Å². The Balaban J connectivity index is 1.12. The van der Waals surface area contributed by atoms with E-state index >= 15 is 0 Å². The molecule has 4 aliphatic heterocycles. The largest absolute Gasteiger partial charge is 0.477 e. The topological polar surface area (TPSA) is 69.6 Å². The van der Waals surface area contributed by atoms with E-state index in [1.54, 1.807) is 6.07 Å². The maximum Gasteiger partial charge on any atom is 0.394 e. The highest BCUT2D eigenvalue weighted by Crippen LogP contribution is 2.59. The highest BCUT2D eigenvalue weighted by atomic mass is 32.2. The van der Waals surface area contributed by atoms with Gasteiger partial charge in [0.2, 0.25) is 5.88 Å². The summed E-state index contributed by atoms with van der Waals surface area (Å²) in [5.41, 5.74) is 2.25. The van der Waals surface area contributed by atoms with Crippen molar-refractivity contribution in [3.05, 3.63) is 12.3 Å². The molecule has 232 valence electrons. The predicted molar refractivity (Wildman–Crippen MR) is 155 cm³/mol.